The molecule has 0 unspecified atom stereocenters. The molecular weight excluding hydrogens is 298 g/mol. The summed E-state index contributed by atoms with van der Waals surface area (Å²) in [5.74, 6) is 0.295. The van der Waals surface area contributed by atoms with Crippen LogP contribution >= 0.6 is 0 Å². The van der Waals surface area contributed by atoms with E-state index in [-0.39, 0.29) is 0 Å². The number of likely N-dealkylation sites (tertiary alicyclic amines) is 1. The minimum Gasteiger partial charge on any atom is -0.343 e. The summed E-state index contributed by atoms with van der Waals surface area (Å²) in [7, 11) is 0. The third-order valence-corrected chi connectivity index (χ3v) is 4.99. The normalized spacial score (nSPS) is 15.3. The van der Waals surface area contributed by atoms with Gasteiger partial charge in [-0.1, -0.05) is 31.0 Å². The summed E-state index contributed by atoms with van der Waals surface area (Å²) >= 11 is 0. The predicted molar refractivity (Wildman–Crippen MR) is 96.4 cm³/mol. The standard InChI is InChI=1S/C20H27N3O/c1-16-19(12-13-20(24)22-14-8-3-4-9-15-22)17(2)23(21-16)18-10-6-5-7-11-18/h5-7,10-11H,3-4,8-9,12-15H2,1-2H3. The largest absolute Gasteiger partial charge is 0.343 e. The second-order valence-corrected chi connectivity index (χ2v) is 6.69. The average Bonchev–Trinajstić information content (AvgIpc) is 2.79. The number of hydrogen-bond donors (Lipinski definition) is 0. The Morgan fingerprint density at radius 3 is 2.38 bits per heavy atom. The minimum absolute atomic E-state index is 0.295. The van der Waals surface area contributed by atoms with Gasteiger partial charge in [0.1, 0.15) is 0 Å². The fourth-order valence-corrected chi connectivity index (χ4v) is 3.57. The second-order valence-electron chi connectivity index (χ2n) is 6.69. The first kappa shape index (κ1) is 16.7. The van der Waals surface area contributed by atoms with E-state index in [0.717, 1.165) is 49.4 Å². The van der Waals surface area contributed by atoms with E-state index in [0.29, 0.717) is 12.3 Å². The molecule has 0 bridgehead atoms. The topological polar surface area (TPSA) is 38.1 Å². The van der Waals surface area contributed by atoms with Crippen molar-refractivity contribution >= 4 is 5.91 Å². The van der Waals surface area contributed by atoms with Gasteiger partial charge in [-0.05, 0) is 50.8 Å². The molecule has 128 valence electrons. The van der Waals surface area contributed by atoms with Crippen LogP contribution in [0.4, 0.5) is 0 Å². The predicted octanol–water partition coefficient (Wildman–Crippen LogP) is 3.82. The van der Waals surface area contributed by atoms with Gasteiger partial charge in [-0.2, -0.15) is 5.10 Å². The summed E-state index contributed by atoms with van der Waals surface area (Å²) in [6, 6.07) is 10.2. The van der Waals surface area contributed by atoms with Gasteiger partial charge in [0.2, 0.25) is 5.91 Å². The van der Waals surface area contributed by atoms with E-state index < -0.39 is 0 Å². The van der Waals surface area contributed by atoms with Gasteiger partial charge in [-0.15, -0.1) is 0 Å². The molecule has 1 aliphatic rings. The summed E-state index contributed by atoms with van der Waals surface area (Å²) in [4.78, 5) is 14.6. The van der Waals surface area contributed by atoms with E-state index in [9.17, 15) is 4.79 Å². The number of nitrogens with zero attached hydrogens (tertiary/aromatic N) is 3. The highest BCUT2D eigenvalue weighted by atomic mass is 16.2. The molecule has 2 aromatic rings. The van der Waals surface area contributed by atoms with Gasteiger partial charge in [-0.25, -0.2) is 4.68 Å². The molecule has 0 atom stereocenters. The zero-order valence-electron chi connectivity index (χ0n) is 14.8. The Hall–Kier alpha value is -2.10. The number of carbonyl (C=O) groups is 1. The molecule has 0 radical (unpaired) electrons. The summed E-state index contributed by atoms with van der Waals surface area (Å²) in [5.41, 5.74) is 4.45. The lowest BCUT2D eigenvalue weighted by atomic mass is 10.1. The molecule has 1 fully saturated rings. The van der Waals surface area contributed by atoms with Crippen LogP contribution in [0, 0.1) is 13.8 Å². The van der Waals surface area contributed by atoms with Gasteiger partial charge in [0.05, 0.1) is 11.4 Å². The lowest BCUT2D eigenvalue weighted by Crippen LogP contribution is -2.32. The molecule has 24 heavy (non-hydrogen) atoms. The number of benzene rings is 1. The summed E-state index contributed by atoms with van der Waals surface area (Å²) < 4.78 is 1.99. The molecule has 0 spiro atoms. The molecule has 1 aliphatic heterocycles. The molecule has 0 N–H and O–H groups in total. The number of para-hydroxylation sites is 1. The monoisotopic (exact) mass is 325 g/mol. The maximum absolute atomic E-state index is 12.5. The van der Waals surface area contributed by atoms with Crippen molar-refractivity contribution in [3.63, 3.8) is 0 Å². The number of aryl methyl sites for hydroxylation is 1. The number of amides is 1. The van der Waals surface area contributed by atoms with Gasteiger partial charge in [-0.3, -0.25) is 4.79 Å². The molecule has 1 aromatic carbocycles. The third-order valence-electron chi connectivity index (χ3n) is 4.99. The Morgan fingerprint density at radius 2 is 1.71 bits per heavy atom. The van der Waals surface area contributed by atoms with Crippen molar-refractivity contribution < 1.29 is 4.79 Å². The molecule has 0 aliphatic carbocycles. The average molecular weight is 325 g/mol. The molecule has 0 saturated carbocycles. The zero-order chi connectivity index (χ0) is 16.9. The van der Waals surface area contributed by atoms with Crippen LogP contribution in [0.5, 0.6) is 0 Å². The summed E-state index contributed by atoms with van der Waals surface area (Å²) in [5, 5.41) is 4.68. The van der Waals surface area contributed by atoms with Crippen molar-refractivity contribution in [2.24, 2.45) is 0 Å². The number of aromatic nitrogens is 2. The molecular formula is C20H27N3O. The van der Waals surface area contributed by atoms with Gasteiger partial charge >= 0.3 is 0 Å². The Kier molecular flexibility index (Phi) is 5.34. The second kappa shape index (κ2) is 7.65. The fourth-order valence-electron chi connectivity index (χ4n) is 3.57. The van der Waals surface area contributed by atoms with E-state index >= 15 is 0 Å². The van der Waals surface area contributed by atoms with Crippen LogP contribution in [0.1, 0.15) is 49.1 Å². The molecule has 2 heterocycles. The highest BCUT2D eigenvalue weighted by molar-refractivity contribution is 5.76. The Labute approximate surface area is 144 Å². The van der Waals surface area contributed by atoms with Gasteiger partial charge in [0.15, 0.2) is 0 Å². The summed E-state index contributed by atoms with van der Waals surface area (Å²) in [6.07, 6.45) is 6.17. The van der Waals surface area contributed by atoms with Crippen LogP contribution in [0.2, 0.25) is 0 Å². The molecule has 4 nitrogen and oxygen atoms in total. The number of carbonyl (C=O) groups excluding carboxylic acids is 1. The van der Waals surface area contributed by atoms with Crippen LogP contribution in [0.3, 0.4) is 0 Å². The van der Waals surface area contributed by atoms with Crippen molar-refractivity contribution in [1.82, 2.24) is 14.7 Å². The maximum atomic E-state index is 12.5. The SMILES string of the molecule is Cc1nn(-c2ccccc2)c(C)c1CCC(=O)N1CCCCCC1. The molecule has 1 saturated heterocycles. The summed E-state index contributed by atoms with van der Waals surface area (Å²) in [6.45, 7) is 6.00. The maximum Gasteiger partial charge on any atom is 0.222 e. The van der Waals surface area contributed by atoms with Gasteiger partial charge in [0.25, 0.3) is 0 Å². The molecule has 1 amide bonds. The Bertz CT molecular complexity index is 682. The van der Waals surface area contributed by atoms with Crippen LogP contribution in [-0.4, -0.2) is 33.7 Å². The van der Waals surface area contributed by atoms with E-state index in [4.69, 9.17) is 0 Å². The quantitative estimate of drug-likeness (QED) is 0.857. The van der Waals surface area contributed by atoms with E-state index in [1.165, 1.54) is 18.4 Å². The van der Waals surface area contributed by atoms with Crippen molar-refractivity contribution in [1.29, 1.82) is 0 Å². The number of hydrogen-bond acceptors (Lipinski definition) is 2. The van der Waals surface area contributed by atoms with Crippen molar-refractivity contribution in [2.75, 3.05) is 13.1 Å². The highest BCUT2D eigenvalue weighted by Crippen LogP contribution is 2.20. The van der Waals surface area contributed by atoms with Gasteiger partial charge in [0, 0.05) is 25.2 Å². The molecule has 3 rings (SSSR count). The first-order valence-corrected chi connectivity index (χ1v) is 9.05. The van der Waals surface area contributed by atoms with Gasteiger partial charge < -0.3 is 4.90 Å². The van der Waals surface area contributed by atoms with E-state index in [1.54, 1.807) is 0 Å². The fraction of sp³-hybridized carbons (Fsp3) is 0.500. The van der Waals surface area contributed by atoms with E-state index in [2.05, 4.69) is 29.1 Å². The lowest BCUT2D eigenvalue weighted by Gasteiger charge is -2.20. The molecule has 1 aromatic heterocycles. The van der Waals surface area contributed by atoms with Crippen LogP contribution in [0.15, 0.2) is 30.3 Å². The third kappa shape index (κ3) is 3.69. The Balaban J connectivity index is 1.69. The van der Waals surface area contributed by atoms with Crippen molar-refractivity contribution in [3.05, 3.63) is 47.3 Å². The van der Waals surface area contributed by atoms with E-state index in [1.807, 2.05) is 29.8 Å². The Morgan fingerprint density at radius 1 is 1.04 bits per heavy atom. The number of rotatable bonds is 4. The minimum atomic E-state index is 0.295. The smallest absolute Gasteiger partial charge is 0.222 e. The first-order valence-electron chi connectivity index (χ1n) is 9.05. The van der Waals surface area contributed by atoms with Crippen LogP contribution in [-0.2, 0) is 11.2 Å². The first-order chi connectivity index (χ1) is 11.7. The van der Waals surface area contributed by atoms with Crippen molar-refractivity contribution in [2.45, 2.75) is 52.4 Å². The molecule has 4 heteroatoms. The van der Waals surface area contributed by atoms with Crippen LogP contribution < -0.4 is 0 Å². The highest BCUT2D eigenvalue weighted by Gasteiger charge is 2.18. The van der Waals surface area contributed by atoms with Crippen molar-refractivity contribution in [3.8, 4) is 5.69 Å². The zero-order valence-corrected chi connectivity index (χ0v) is 14.8. The van der Waals surface area contributed by atoms with Crippen LogP contribution in [0.25, 0.3) is 5.69 Å². The lowest BCUT2D eigenvalue weighted by molar-refractivity contribution is -0.131.